The van der Waals surface area contributed by atoms with Gasteiger partial charge in [-0.2, -0.15) is 0 Å². The van der Waals surface area contributed by atoms with Crippen molar-refractivity contribution in [1.82, 2.24) is 10.3 Å². The van der Waals surface area contributed by atoms with Crippen LogP contribution in [0.15, 0.2) is 12.3 Å². The first kappa shape index (κ1) is 17.7. The summed E-state index contributed by atoms with van der Waals surface area (Å²) in [5, 5.41) is 6.51. The molecule has 21 heavy (non-hydrogen) atoms. The molecule has 1 amide bonds. The Balaban J connectivity index is 2.71. The number of nitrogens with zero attached hydrogens (tertiary/aromatic N) is 1. The van der Waals surface area contributed by atoms with Crippen molar-refractivity contribution in [3.8, 4) is 0 Å². The summed E-state index contributed by atoms with van der Waals surface area (Å²) in [5.74, 6) is 0.430. The molecule has 0 aromatic carbocycles. The number of halogens is 1. The van der Waals surface area contributed by atoms with Gasteiger partial charge in [0.15, 0.2) is 0 Å². The lowest BCUT2D eigenvalue weighted by atomic mass is 10.1. The summed E-state index contributed by atoms with van der Waals surface area (Å²) in [6, 6.07) is 1.64. The van der Waals surface area contributed by atoms with Gasteiger partial charge in [0.25, 0.3) is 5.91 Å². The normalized spacial score (nSPS) is 12.0. The number of carbonyl (C=O) groups excluding carboxylic acids is 1. The second kappa shape index (κ2) is 9.58. The van der Waals surface area contributed by atoms with Crippen molar-refractivity contribution in [3.63, 3.8) is 0 Å². The number of aromatic nitrogens is 1. The van der Waals surface area contributed by atoms with Crippen LogP contribution in [0.4, 0.5) is 5.82 Å². The Morgan fingerprint density at radius 2 is 2.19 bits per heavy atom. The summed E-state index contributed by atoms with van der Waals surface area (Å²) in [6.07, 6.45) is 4.37. The summed E-state index contributed by atoms with van der Waals surface area (Å²) in [6.45, 7) is 5.43. The molecule has 1 aromatic rings. The molecule has 0 radical (unpaired) electrons. The number of amides is 1. The Morgan fingerprint density at radius 1 is 1.43 bits per heavy atom. The molecule has 0 bridgehead atoms. The molecule has 6 heteroatoms. The molecule has 5 nitrogen and oxygen atoms in total. The van der Waals surface area contributed by atoms with Gasteiger partial charge in [0.2, 0.25) is 0 Å². The van der Waals surface area contributed by atoms with E-state index < -0.39 is 0 Å². The van der Waals surface area contributed by atoms with E-state index in [9.17, 15) is 4.79 Å². The Hall–Kier alpha value is -1.33. The van der Waals surface area contributed by atoms with E-state index in [1.165, 1.54) is 6.20 Å². The van der Waals surface area contributed by atoms with Crippen LogP contribution < -0.4 is 10.6 Å². The van der Waals surface area contributed by atoms with Gasteiger partial charge in [0, 0.05) is 19.9 Å². The average molecular weight is 314 g/mol. The first-order valence-electron chi connectivity index (χ1n) is 7.31. The maximum Gasteiger partial charge on any atom is 0.253 e. The largest absolute Gasteiger partial charge is 0.383 e. The van der Waals surface area contributed by atoms with Crippen molar-refractivity contribution >= 4 is 23.3 Å². The third-order valence-electron chi connectivity index (χ3n) is 2.99. The van der Waals surface area contributed by atoms with E-state index in [0.717, 1.165) is 25.8 Å². The summed E-state index contributed by atoms with van der Waals surface area (Å²) >= 11 is 6.14. The van der Waals surface area contributed by atoms with Crippen LogP contribution in [0.5, 0.6) is 0 Å². The maximum atomic E-state index is 12.2. The molecule has 0 aliphatic heterocycles. The van der Waals surface area contributed by atoms with Gasteiger partial charge >= 0.3 is 0 Å². The minimum Gasteiger partial charge on any atom is -0.383 e. The fourth-order valence-electron chi connectivity index (χ4n) is 1.95. The predicted molar refractivity (Wildman–Crippen MR) is 86.1 cm³/mol. The van der Waals surface area contributed by atoms with Crippen LogP contribution in [0.3, 0.4) is 0 Å². The van der Waals surface area contributed by atoms with Gasteiger partial charge in [0.05, 0.1) is 23.2 Å². The smallest absolute Gasteiger partial charge is 0.253 e. The zero-order valence-electron chi connectivity index (χ0n) is 12.9. The second-order valence-electron chi connectivity index (χ2n) is 4.90. The van der Waals surface area contributed by atoms with E-state index in [1.807, 2.05) is 0 Å². The molecule has 0 aliphatic carbocycles. The highest BCUT2D eigenvalue weighted by atomic mass is 35.5. The summed E-state index contributed by atoms with van der Waals surface area (Å²) in [7, 11) is 1.63. The van der Waals surface area contributed by atoms with Gasteiger partial charge in [-0.25, -0.2) is 4.98 Å². The Morgan fingerprint density at radius 3 is 2.76 bits per heavy atom. The molecule has 0 aliphatic rings. The Bertz CT molecular complexity index is 449. The molecule has 1 heterocycles. The number of nitrogens with one attached hydrogen (secondary N) is 2. The molecule has 0 saturated carbocycles. The summed E-state index contributed by atoms with van der Waals surface area (Å²) < 4.78 is 5.11. The van der Waals surface area contributed by atoms with Crippen molar-refractivity contribution < 1.29 is 9.53 Å². The van der Waals surface area contributed by atoms with Gasteiger partial charge < -0.3 is 15.4 Å². The number of hydrogen-bond acceptors (Lipinski definition) is 4. The van der Waals surface area contributed by atoms with Crippen LogP contribution in [0.25, 0.3) is 0 Å². The molecule has 1 atom stereocenters. The molecule has 0 fully saturated rings. The van der Waals surface area contributed by atoms with E-state index in [2.05, 4.69) is 29.5 Å². The average Bonchev–Trinajstić information content (AvgIpc) is 2.46. The third kappa shape index (κ3) is 5.89. The van der Waals surface area contributed by atoms with Gasteiger partial charge in [-0.3, -0.25) is 4.79 Å². The first-order chi connectivity index (χ1) is 10.1. The number of carbonyl (C=O) groups is 1. The molecule has 1 rings (SSSR count). The maximum absolute atomic E-state index is 12.2. The number of hydrogen-bond donors (Lipinski definition) is 2. The molecular formula is C15H24ClN3O2. The van der Waals surface area contributed by atoms with Gasteiger partial charge in [-0.1, -0.05) is 31.9 Å². The Labute approximate surface area is 131 Å². The van der Waals surface area contributed by atoms with E-state index in [1.54, 1.807) is 13.2 Å². The minimum absolute atomic E-state index is 0.00386. The monoisotopic (exact) mass is 313 g/mol. The van der Waals surface area contributed by atoms with E-state index in [0.29, 0.717) is 23.0 Å². The minimum atomic E-state index is -0.179. The van der Waals surface area contributed by atoms with Crippen molar-refractivity contribution in [1.29, 1.82) is 0 Å². The lowest BCUT2D eigenvalue weighted by molar-refractivity contribution is 0.0891. The number of rotatable bonds is 9. The second-order valence-corrected chi connectivity index (χ2v) is 5.30. The highest BCUT2D eigenvalue weighted by Crippen LogP contribution is 2.20. The summed E-state index contributed by atoms with van der Waals surface area (Å²) in [5.41, 5.74) is 0.458. The van der Waals surface area contributed by atoms with Gasteiger partial charge in [-0.05, 0) is 18.9 Å². The fourth-order valence-corrected chi connectivity index (χ4v) is 2.18. The van der Waals surface area contributed by atoms with Crippen molar-refractivity contribution in [2.45, 2.75) is 39.2 Å². The number of pyridine rings is 1. The standard InChI is InChI=1S/C15H24ClN3O2/c1-4-6-12(10-21-3)19-15(20)11-8-13(16)14(18-9-11)17-7-5-2/h8-9,12H,4-7,10H2,1-3H3,(H,17,18)(H,19,20). The van der Waals surface area contributed by atoms with Crippen LogP contribution in [0.1, 0.15) is 43.5 Å². The lowest BCUT2D eigenvalue weighted by Crippen LogP contribution is -2.38. The van der Waals surface area contributed by atoms with E-state index in [4.69, 9.17) is 16.3 Å². The third-order valence-corrected chi connectivity index (χ3v) is 3.27. The van der Waals surface area contributed by atoms with Crippen LogP contribution in [0.2, 0.25) is 5.02 Å². The quantitative estimate of drug-likeness (QED) is 0.735. The highest BCUT2D eigenvalue weighted by Gasteiger charge is 2.14. The zero-order chi connectivity index (χ0) is 15.7. The molecule has 1 aromatic heterocycles. The number of ether oxygens (including phenoxy) is 1. The van der Waals surface area contributed by atoms with Crippen LogP contribution in [-0.2, 0) is 4.74 Å². The SMILES string of the molecule is CCCNc1ncc(C(=O)NC(CCC)COC)cc1Cl. The molecular weight excluding hydrogens is 290 g/mol. The topological polar surface area (TPSA) is 63.2 Å². The molecule has 118 valence electrons. The molecule has 1 unspecified atom stereocenters. The zero-order valence-corrected chi connectivity index (χ0v) is 13.7. The van der Waals surface area contributed by atoms with Crippen LogP contribution >= 0.6 is 11.6 Å². The van der Waals surface area contributed by atoms with Crippen LogP contribution in [0, 0.1) is 0 Å². The lowest BCUT2D eigenvalue weighted by Gasteiger charge is -2.17. The van der Waals surface area contributed by atoms with Crippen LogP contribution in [-0.4, -0.2) is 37.2 Å². The number of anilines is 1. The van der Waals surface area contributed by atoms with Crippen molar-refractivity contribution in [3.05, 3.63) is 22.8 Å². The fraction of sp³-hybridized carbons (Fsp3) is 0.600. The van der Waals surface area contributed by atoms with Crippen molar-refractivity contribution in [2.24, 2.45) is 0 Å². The molecule has 2 N–H and O–H groups in total. The Kier molecular flexibility index (Phi) is 8.08. The predicted octanol–water partition coefficient (Wildman–Crippen LogP) is 3.10. The number of methoxy groups -OCH3 is 1. The van der Waals surface area contributed by atoms with E-state index in [-0.39, 0.29) is 11.9 Å². The van der Waals surface area contributed by atoms with E-state index >= 15 is 0 Å². The first-order valence-corrected chi connectivity index (χ1v) is 7.69. The molecule has 0 saturated heterocycles. The summed E-state index contributed by atoms with van der Waals surface area (Å²) in [4.78, 5) is 16.4. The van der Waals surface area contributed by atoms with Crippen molar-refractivity contribution in [2.75, 3.05) is 25.6 Å². The van der Waals surface area contributed by atoms with Gasteiger partial charge in [0.1, 0.15) is 5.82 Å². The highest BCUT2D eigenvalue weighted by molar-refractivity contribution is 6.33. The van der Waals surface area contributed by atoms with Gasteiger partial charge in [-0.15, -0.1) is 0 Å². The molecule has 0 spiro atoms.